The molecule has 0 heterocycles. The number of halogens is 3. The molecule has 0 aromatic heterocycles. The topological polar surface area (TPSA) is 44.3 Å². The van der Waals surface area contributed by atoms with E-state index < -0.39 is 22.5 Å². The van der Waals surface area contributed by atoms with Crippen molar-refractivity contribution in [2.75, 3.05) is 0 Å². The maximum absolute atomic E-state index is 12.2. The van der Waals surface area contributed by atoms with Gasteiger partial charge in [-0.2, -0.15) is 0 Å². The molecule has 0 amide bonds. The van der Waals surface area contributed by atoms with Gasteiger partial charge in [0.25, 0.3) is 0 Å². The van der Waals surface area contributed by atoms with E-state index >= 15 is 0 Å². The van der Waals surface area contributed by atoms with Crippen LogP contribution in [0.1, 0.15) is 38.8 Å². The van der Waals surface area contributed by atoms with E-state index in [1.165, 1.54) is 24.3 Å². The van der Waals surface area contributed by atoms with Gasteiger partial charge in [0.15, 0.2) is 0 Å². The molecule has 0 bridgehead atoms. The smallest absolute Gasteiger partial charge is 0.573 e. The van der Waals surface area contributed by atoms with Crippen molar-refractivity contribution in [3.05, 3.63) is 42.5 Å². The highest BCUT2D eigenvalue weighted by Gasteiger charge is 2.32. The lowest BCUT2D eigenvalue weighted by Gasteiger charge is -2.27. The van der Waals surface area contributed by atoms with E-state index in [2.05, 4.69) is 16.0 Å². The summed E-state index contributed by atoms with van der Waals surface area (Å²) in [5, 5.41) is 0. The second-order valence-corrected chi connectivity index (χ2v) is 7.69. The van der Waals surface area contributed by atoms with Crippen molar-refractivity contribution in [2.24, 2.45) is 0 Å². The molecule has 0 aliphatic rings. The van der Waals surface area contributed by atoms with Crippen LogP contribution in [0.5, 0.6) is 5.75 Å². The lowest BCUT2D eigenvalue weighted by atomic mass is 10.0. The third-order valence-electron chi connectivity index (χ3n) is 2.72. The highest BCUT2D eigenvalue weighted by Crippen LogP contribution is 2.27. The molecule has 0 saturated heterocycles. The minimum absolute atomic E-state index is 0.287. The van der Waals surface area contributed by atoms with Gasteiger partial charge < -0.3 is 9.29 Å². The maximum atomic E-state index is 12.2. The van der Waals surface area contributed by atoms with E-state index in [-0.39, 0.29) is 11.8 Å². The summed E-state index contributed by atoms with van der Waals surface area (Å²) in [7, 11) is 0. The van der Waals surface area contributed by atoms with Crippen molar-refractivity contribution in [3.63, 3.8) is 0 Å². The normalized spacial score (nSPS) is 15.2. The molecule has 124 valence electrons. The number of hydrogen-bond acceptors (Lipinski definition) is 3. The first-order valence-electron chi connectivity index (χ1n) is 6.67. The van der Waals surface area contributed by atoms with Gasteiger partial charge in [-0.3, -0.25) is 0 Å². The Balaban J connectivity index is 2.86. The van der Waals surface area contributed by atoms with E-state index in [0.29, 0.717) is 12.0 Å². The number of ether oxygens (including phenoxy) is 1. The maximum Gasteiger partial charge on any atom is 0.573 e. The molecule has 3 nitrogen and oxygen atoms in total. The van der Waals surface area contributed by atoms with E-state index in [1.54, 1.807) is 6.08 Å². The predicted molar refractivity (Wildman–Crippen MR) is 81.7 cm³/mol. The molecule has 1 rings (SSSR count). The molecule has 0 aliphatic heterocycles. The summed E-state index contributed by atoms with van der Waals surface area (Å²) < 4.78 is 54.9. The zero-order valence-electron chi connectivity index (χ0n) is 12.7. The average molecular weight is 335 g/mol. The number of alkyl halides is 3. The second kappa shape index (κ2) is 7.39. The highest BCUT2D eigenvalue weighted by molar-refractivity contribution is 7.90. The van der Waals surface area contributed by atoms with Crippen LogP contribution in [0.4, 0.5) is 13.2 Å². The first kappa shape index (κ1) is 18.9. The van der Waals surface area contributed by atoms with Crippen LogP contribution in [-0.2, 0) is 11.4 Å². The Morgan fingerprint density at radius 1 is 1.27 bits per heavy atom. The lowest BCUT2D eigenvalue weighted by molar-refractivity contribution is -0.274. The first-order valence-corrected chi connectivity index (χ1v) is 7.82. The Bertz CT molecular complexity index is 483. The zero-order chi connectivity index (χ0) is 17.0. The number of nitrogens with one attached hydrogen (secondary N) is 1. The minimum atomic E-state index is -4.71. The van der Waals surface area contributed by atoms with Crippen molar-refractivity contribution >= 4 is 11.4 Å². The molecule has 1 aromatic carbocycles. The van der Waals surface area contributed by atoms with Crippen LogP contribution in [0.3, 0.4) is 0 Å². The van der Waals surface area contributed by atoms with Crippen molar-refractivity contribution in [1.82, 2.24) is 4.72 Å². The van der Waals surface area contributed by atoms with Gasteiger partial charge in [-0.1, -0.05) is 18.2 Å². The van der Waals surface area contributed by atoms with Crippen LogP contribution in [-0.4, -0.2) is 15.7 Å². The molecular formula is C15H20F3NO2S. The van der Waals surface area contributed by atoms with Crippen LogP contribution in [0.15, 0.2) is 36.9 Å². The zero-order valence-corrected chi connectivity index (χ0v) is 13.6. The Morgan fingerprint density at radius 2 is 1.82 bits per heavy atom. The van der Waals surface area contributed by atoms with E-state index in [9.17, 15) is 17.7 Å². The van der Waals surface area contributed by atoms with Crippen LogP contribution >= 0.6 is 0 Å². The lowest BCUT2D eigenvalue weighted by Crippen LogP contribution is -2.41. The molecule has 0 aliphatic carbocycles. The van der Waals surface area contributed by atoms with Crippen molar-refractivity contribution in [2.45, 2.75) is 44.3 Å². The van der Waals surface area contributed by atoms with Gasteiger partial charge >= 0.3 is 6.36 Å². The molecule has 0 fully saturated rings. The highest BCUT2D eigenvalue weighted by atomic mass is 32.2. The summed E-state index contributed by atoms with van der Waals surface area (Å²) in [4.78, 5) is 0. The Hall–Kier alpha value is -1.18. The molecule has 22 heavy (non-hydrogen) atoms. The monoisotopic (exact) mass is 335 g/mol. The summed E-state index contributed by atoms with van der Waals surface area (Å²) in [6.07, 6.45) is -2.55. The summed E-state index contributed by atoms with van der Waals surface area (Å²) in [6, 6.07) is 5.21. The van der Waals surface area contributed by atoms with Gasteiger partial charge in [-0.25, -0.2) is 0 Å². The molecule has 1 N–H and O–H groups in total. The van der Waals surface area contributed by atoms with E-state index in [4.69, 9.17) is 0 Å². The minimum Gasteiger partial charge on any atom is -0.598 e. The summed E-state index contributed by atoms with van der Waals surface area (Å²) in [5.74, 6) is -0.287. The van der Waals surface area contributed by atoms with Gasteiger partial charge in [-0.15, -0.1) is 24.5 Å². The molecule has 0 saturated carbocycles. The molecule has 2 atom stereocenters. The van der Waals surface area contributed by atoms with E-state index in [0.717, 1.165) is 0 Å². The summed E-state index contributed by atoms with van der Waals surface area (Å²) in [6.45, 7) is 9.15. The quantitative estimate of drug-likeness (QED) is 0.624. The number of benzene rings is 1. The fourth-order valence-corrected chi connectivity index (χ4v) is 2.47. The fraction of sp³-hybridized carbons (Fsp3) is 0.467. The number of rotatable bonds is 6. The predicted octanol–water partition coefficient (Wildman–Crippen LogP) is 4.25. The van der Waals surface area contributed by atoms with Gasteiger partial charge in [0.1, 0.15) is 10.5 Å². The SMILES string of the molecule is C=CC[C@@H](N[S+]([O-])C(C)(C)C)c1ccc(OC(F)(F)F)cc1. The number of hydrogen-bond donors (Lipinski definition) is 1. The van der Waals surface area contributed by atoms with E-state index in [1.807, 2.05) is 20.8 Å². The molecule has 7 heteroatoms. The largest absolute Gasteiger partial charge is 0.598 e. The van der Waals surface area contributed by atoms with Gasteiger partial charge in [-0.05, 0) is 44.9 Å². The Morgan fingerprint density at radius 3 is 2.23 bits per heavy atom. The standard InChI is InChI=1S/C15H20F3NO2S/c1-5-6-13(19-22(20)14(2,3)4)11-7-9-12(10-8-11)21-15(16,17)18/h5,7-10,13,19H,1,6H2,2-4H3/t13-,22?/m1/s1. The third-order valence-corrected chi connectivity index (χ3v) is 4.33. The molecule has 1 aromatic rings. The molecular weight excluding hydrogens is 315 g/mol. The second-order valence-electron chi connectivity index (χ2n) is 5.69. The first-order chi connectivity index (χ1) is 10.0. The summed E-state index contributed by atoms with van der Waals surface area (Å²) >= 11 is -1.30. The van der Waals surface area contributed by atoms with Crippen molar-refractivity contribution in [3.8, 4) is 5.75 Å². The molecule has 1 unspecified atom stereocenters. The third kappa shape index (κ3) is 6.29. The van der Waals surface area contributed by atoms with Crippen molar-refractivity contribution in [1.29, 1.82) is 0 Å². The summed E-state index contributed by atoms with van der Waals surface area (Å²) in [5.41, 5.74) is 0.715. The van der Waals surface area contributed by atoms with Crippen LogP contribution < -0.4 is 9.46 Å². The van der Waals surface area contributed by atoms with Crippen molar-refractivity contribution < 1.29 is 22.5 Å². The van der Waals surface area contributed by atoms with Gasteiger partial charge in [0.2, 0.25) is 0 Å². The fourth-order valence-electron chi connectivity index (χ4n) is 1.63. The molecule has 0 spiro atoms. The molecule has 0 radical (unpaired) electrons. The Labute approximate surface area is 131 Å². The van der Waals surface area contributed by atoms with Crippen LogP contribution in [0, 0.1) is 0 Å². The van der Waals surface area contributed by atoms with Crippen LogP contribution in [0.2, 0.25) is 0 Å². The van der Waals surface area contributed by atoms with Gasteiger partial charge in [0.05, 0.1) is 6.04 Å². The average Bonchev–Trinajstić information content (AvgIpc) is 2.36. The van der Waals surface area contributed by atoms with Gasteiger partial charge in [0, 0.05) is 11.4 Å². The Kier molecular flexibility index (Phi) is 6.34. The van der Waals surface area contributed by atoms with Crippen LogP contribution in [0.25, 0.3) is 0 Å².